The Bertz CT molecular complexity index is 1230. The van der Waals surface area contributed by atoms with Crippen LogP contribution in [0.3, 0.4) is 0 Å². The van der Waals surface area contributed by atoms with E-state index >= 15 is 0 Å². The third kappa shape index (κ3) is 2.71. The largest absolute Gasteiger partial charge is 0.465 e. The van der Waals surface area contributed by atoms with E-state index in [0.717, 1.165) is 5.52 Å². The topological polar surface area (TPSA) is 90.5 Å². The van der Waals surface area contributed by atoms with E-state index in [4.69, 9.17) is 4.74 Å². The molecule has 2 aromatic carbocycles. The van der Waals surface area contributed by atoms with Crippen molar-refractivity contribution in [3.63, 3.8) is 0 Å². The van der Waals surface area contributed by atoms with Crippen molar-refractivity contribution in [3.8, 4) is 0 Å². The Morgan fingerprint density at radius 3 is 2.67 bits per heavy atom. The first kappa shape index (κ1) is 16.8. The standard InChI is InChI=1S/C19H17N5O3/c1-23-17(25)13-8-4-6-10-15(13)24-16(21-22-19(23)24)11-20-14-9-5-3-7-12(14)18(26)27-2/h3-10,20H,11H2,1-2H3. The molecular formula is C19H17N5O3. The Labute approximate surface area is 154 Å². The van der Waals surface area contributed by atoms with Gasteiger partial charge in [0.25, 0.3) is 5.56 Å². The smallest absolute Gasteiger partial charge is 0.339 e. The van der Waals surface area contributed by atoms with Crippen molar-refractivity contribution in [1.29, 1.82) is 0 Å². The van der Waals surface area contributed by atoms with Gasteiger partial charge in [0.05, 0.1) is 30.1 Å². The molecule has 0 atom stereocenters. The number of nitrogens with one attached hydrogen (secondary N) is 1. The number of methoxy groups -OCH3 is 1. The second-order valence-electron chi connectivity index (χ2n) is 6.02. The van der Waals surface area contributed by atoms with Crippen LogP contribution in [0.2, 0.25) is 0 Å². The van der Waals surface area contributed by atoms with Gasteiger partial charge >= 0.3 is 5.97 Å². The Kier molecular flexibility index (Phi) is 4.08. The van der Waals surface area contributed by atoms with Gasteiger partial charge in [-0.25, -0.2) is 4.79 Å². The molecule has 136 valence electrons. The zero-order valence-corrected chi connectivity index (χ0v) is 14.8. The lowest BCUT2D eigenvalue weighted by Crippen LogP contribution is -2.20. The second-order valence-corrected chi connectivity index (χ2v) is 6.02. The number of carbonyl (C=O) groups excluding carboxylic acids is 1. The Morgan fingerprint density at radius 1 is 1.11 bits per heavy atom. The van der Waals surface area contributed by atoms with Gasteiger partial charge in [-0.2, -0.15) is 0 Å². The van der Waals surface area contributed by atoms with E-state index in [9.17, 15) is 9.59 Å². The first-order valence-corrected chi connectivity index (χ1v) is 8.34. The minimum absolute atomic E-state index is 0.124. The Hall–Kier alpha value is -3.68. The lowest BCUT2D eigenvalue weighted by molar-refractivity contribution is 0.0602. The van der Waals surface area contributed by atoms with Crippen molar-refractivity contribution in [3.05, 3.63) is 70.3 Å². The third-order valence-corrected chi connectivity index (χ3v) is 4.46. The molecule has 8 nitrogen and oxygen atoms in total. The summed E-state index contributed by atoms with van der Waals surface area (Å²) in [7, 11) is 3.01. The molecule has 0 aliphatic heterocycles. The molecule has 0 fully saturated rings. The van der Waals surface area contributed by atoms with Gasteiger partial charge in [-0.15, -0.1) is 10.2 Å². The highest BCUT2D eigenvalue weighted by molar-refractivity contribution is 5.95. The number of para-hydroxylation sites is 2. The number of hydrogen-bond donors (Lipinski definition) is 1. The fourth-order valence-corrected chi connectivity index (χ4v) is 3.11. The molecule has 0 unspecified atom stereocenters. The number of hydrogen-bond acceptors (Lipinski definition) is 6. The molecule has 0 radical (unpaired) electrons. The summed E-state index contributed by atoms with van der Waals surface area (Å²) in [6, 6.07) is 14.4. The lowest BCUT2D eigenvalue weighted by atomic mass is 10.2. The first-order valence-electron chi connectivity index (χ1n) is 8.34. The predicted molar refractivity (Wildman–Crippen MR) is 101 cm³/mol. The van der Waals surface area contributed by atoms with E-state index in [2.05, 4.69) is 15.5 Å². The number of esters is 1. The van der Waals surface area contributed by atoms with Crippen molar-refractivity contribution in [2.24, 2.45) is 7.05 Å². The minimum atomic E-state index is -0.419. The van der Waals surface area contributed by atoms with E-state index in [1.165, 1.54) is 11.7 Å². The van der Waals surface area contributed by atoms with Crippen LogP contribution in [0.4, 0.5) is 5.69 Å². The van der Waals surface area contributed by atoms with Crippen molar-refractivity contribution in [1.82, 2.24) is 19.2 Å². The molecule has 0 aliphatic rings. The highest BCUT2D eigenvalue weighted by Gasteiger charge is 2.15. The van der Waals surface area contributed by atoms with Gasteiger partial charge in [-0.1, -0.05) is 24.3 Å². The number of ether oxygens (including phenoxy) is 1. The molecule has 0 saturated heterocycles. The fraction of sp³-hybridized carbons (Fsp3) is 0.158. The summed E-state index contributed by atoms with van der Waals surface area (Å²) in [6.45, 7) is 0.317. The second kappa shape index (κ2) is 6.56. The van der Waals surface area contributed by atoms with Crippen LogP contribution in [-0.2, 0) is 18.3 Å². The number of anilines is 1. The van der Waals surface area contributed by atoms with E-state index in [1.807, 2.05) is 28.7 Å². The van der Waals surface area contributed by atoms with Crippen molar-refractivity contribution in [2.45, 2.75) is 6.54 Å². The van der Waals surface area contributed by atoms with Crippen LogP contribution >= 0.6 is 0 Å². The summed E-state index contributed by atoms with van der Waals surface area (Å²) in [5.74, 6) is 0.658. The Balaban J connectivity index is 1.79. The molecule has 1 N–H and O–H groups in total. The van der Waals surface area contributed by atoms with Crippen molar-refractivity contribution < 1.29 is 9.53 Å². The fourth-order valence-electron chi connectivity index (χ4n) is 3.11. The molecule has 0 amide bonds. The van der Waals surface area contributed by atoms with Gasteiger partial charge in [0.2, 0.25) is 5.78 Å². The number of aromatic nitrogens is 4. The maximum Gasteiger partial charge on any atom is 0.339 e. The van der Waals surface area contributed by atoms with Crippen LogP contribution in [-0.4, -0.2) is 32.2 Å². The van der Waals surface area contributed by atoms with Crippen LogP contribution in [0.15, 0.2) is 53.3 Å². The molecule has 4 rings (SSSR count). The molecule has 0 aliphatic carbocycles. The molecule has 8 heteroatoms. The van der Waals surface area contributed by atoms with E-state index in [0.29, 0.717) is 34.8 Å². The summed E-state index contributed by atoms with van der Waals surface area (Å²) < 4.78 is 8.13. The SMILES string of the molecule is COC(=O)c1ccccc1NCc1nnc2n(C)c(=O)c3ccccc3n12. The number of aryl methyl sites for hydroxylation is 1. The number of benzene rings is 2. The Morgan fingerprint density at radius 2 is 1.85 bits per heavy atom. The predicted octanol–water partition coefficient (Wildman–Crippen LogP) is 1.98. The molecule has 27 heavy (non-hydrogen) atoms. The number of rotatable bonds is 4. The van der Waals surface area contributed by atoms with Gasteiger partial charge in [0.1, 0.15) is 0 Å². The van der Waals surface area contributed by atoms with Crippen LogP contribution in [0.1, 0.15) is 16.2 Å². The van der Waals surface area contributed by atoms with Crippen LogP contribution in [0.25, 0.3) is 16.7 Å². The molecule has 0 saturated carbocycles. The zero-order valence-electron chi connectivity index (χ0n) is 14.8. The van der Waals surface area contributed by atoms with E-state index in [1.54, 1.807) is 31.3 Å². The van der Waals surface area contributed by atoms with Gasteiger partial charge in [-0.3, -0.25) is 13.8 Å². The summed E-state index contributed by atoms with van der Waals surface area (Å²) in [5.41, 5.74) is 1.68. The van der Waals surface area contributed by atoms with E-state index < -0.39 is 5.97 Å². The quantitative estimate of drug-likeness (QED) is 0.558. The monoisotopic (exact) mass is 363 g/mol. The van der Waals surface area contributed by atoms with Gasteiger partial charge in [-0.05, 0) is 24.3 Å². The average Bonchev–Trinajstić information content (AvgIpc) is 3.14. The normalized spacial score (nSPS) is 11.0. The maximum absolute atomic E-state index is 12.5. The molecule has 2 heterocycles. The summed E-state index contributed by atoms with van der Waals surface area (Å²) in [6.07, 6.45) is 0. The molecule has 2 aromatic heterocycles. The number of nitrogens with zero attached hydrogens (tertiary/aromatic N) is 4. The van der Waals surface area contributed by atoms with Crippen LogP contribution < -0.4 is 10.9 Å². The van der Waals surface area contributed by atoms with Crippen molar-refractivity contribution in [2.75, 3.05) is 12.4 Å². The zero-order chi connectivity index (χ0) is 19.0. The summed E-state index contributed by atoms with van der Waals surface area (Å²) >= 11 is 0. The van der Waals surface area contributed by atoms with E-state index in [-0.39, 0.29) is 5.56 Å². The van der Waals surface area contributed by atoms with Gasteiger partial charge in [0.15, 0.2) is 5.82 Å². The first-order chi connectivity index (χ1) is 13.1. The van der Waals surface area contributed by atoms with Crippen molar-refractivity contribution >= 4 is 28.3 Å². The summed E-state index contributed by atoms with van der Waals surface area (Å²) in [5, 5.41) is 12.2. The highest BCUT2D eigenvalue weighted by atomic mass is 16.5. The molecular weight excluding hydrogens is 346 g/mol. The third-order valence-electron chi connectivity index (χ3n) is 4.46. The summed E-state index contributed by atoms with van der Waals surface area (Å²) in [4.78, 5) is 24.4. The highest BCUT2D eigenvalue weighted by Crippen LogP contribution is 2.18. The minimum Gasteiger partial charge on any atom is -0.465 e. The lowest BCUT2D eigenvalue weighted by Gasteiger charge is -2.11. The van der Waals surface area contributed by atoms with Gasteiger partial charge in [0, 0.05) is 12.7 Å². The number of fused-ring (bicyclic) bond motifs is 3. The molecule has 0 bridgehead atoms. The van der Waals surface area contributed by atoms with Crippen LogP contribution in [0, 0.1) is 0 Å². The average molecular weight is 363 g/mol. The number of carbonyl (C=O) groups is 1. The molecule has 0 spiro atoms. The van der Waals surface area contributed by atoms with Crippen LogP contribution in [0.5, 0.6) is 0 Å². The maximum atomic E-state index is 12.5. The molecule has 4 aromatic rings. The van der Waals surface area contributed by atoms with Gasteiger partial charge < -0.3 is 10.1 Å².